The van der Waals surface area contributed by atoms with Gasteiger partial charge >= 0.3 is 0 Å². The number of fused-ring (bicyclic) bond motifs is 1. The number of rotatable bonds is 0. The summed E-state index contributed by atoms with van der Waals surface area (Å²) < 4.78 is 26.7. The van der Waals surface area contributed by atoms with Crippen molar-refractivity contribution >= 4 is 0 Å². The highest BCUT2D eigenvalue weighted by Crippen LogP contribution is 2.40. The molecule has 0 saturated carbocycles. The van der Waals surface area contributed by atoms with Crippen molar-refractivity contribution < 1.29 is 13.9 Å². The zero-order chi connectivity index (χ0) is 11.9. The van der Waals surface area contributed by atoms with Crippen LogP contribution in [-0.2, 0) is 6.42 Å². The first-order valence-corrected chi connectivity index (χ1v) is 5.55. The monoisotopic (exact) mass is 226 g/mol. The molecule has 88 valence electrons. The zero-order valence-corrected chi connectivity index (χ0v) is 9.56. The molecule has 1 aliphatic carbocycles. The predicted octanol–water partition coefficient (Wildman–Crippen LogP) is 3.36. The Morgan fingerprint density at radius 2 is 2.00 bits per heavy atom. The van der Waals surface area contributed by atoms with Crippen LogP contribution in [0, 0.1) is 17.0 Å². The maximum absolute atomic E-state index is 13.6. The molecule has 0 fully saturated rings. The molecule has 0 aliphatic heterocycles. The molecular weight excluding hydrogens is 210 g/mol. The highest BCUT2D eigenvalue weighted by molar-refractivity contribution is 5.32. The number of aliphatic hydroxyl groups excluding tert-OH is 1. The van der Waals surface area contributed by atoms with Crippen LogP contribution in [0.5, 0.6) is 0 Å². The third-order valence-corrected chi connectivity index (χ3v) is 3.35. The largest absolute Gasteiger partial charge is 0.388 e. The van der Waals surface area contributed by atoms with Gasteiger partial charge in [0, 0.05) is 6.07 Å². The Labute approximate surface area is 94.1 Å². The summed E-state index contributed by atoms with van der Waals surface area (Å²) in [6.45, 7) is 4.08. The molecule has 16 heavy (non-hydrogen) atoms. The van der Waals surface area contributed by atoms with Gasteiger partial charge in [0.05, 0.1) is 6.10 Å². The Bertz CT molecular complexity index is 413. The number of halogens is 2. The number of hydrogen-bond donors (Lipinski definition) is 1. The first-order valence-electron chi connectivity index (χ1n) is 5.55. The van der Waals surface area contributed by atoms with E-state index in [-0.39, 0.29) is 5.41 Å². The molecule has 3 heteroatoms. The first kappa shape index (κ1) is 11.5. The molecule has 1 nitrogen and oxygen atoms in total. The predicted molar refractivity (Wildman–Crippen MR) is 58.0 cm³/mol. The third kappa shape index (κ3) is 2.09. The Morgan fingerprint density at radius 3 is 2.69 bits per heavy atom. The molecule has 1 N–H and O–H groups in total. The third-order valence-electron chi connectivity index (χ3n) is 3.35. The maximum Gasteiger partial charge on any atom is 0.129 e. The average molecular weight is 226 g/mol. The van der Waals surface area contributed by atoms with Crippen LogP contribution in [0.1, 0.15) is 43.9 Å². The van der Waals surface area contributed by atoms with Crippen LogP contribution in [0.4, 0.5) is 8.78 Å². The molecular formula is C13H16F2O. The van der Waals surface area contributed by atoms with Crippen molar-refractivity contribution in [2.45, 2.75) is 39.2 Å². The molecule has 0 radical (unpaired) electrons. The summed E-state index contributed by atoms with van der Waals surface area (Å²) in [5, 5.41) is 9.99. The van der Waals surface area contributed by atoms with Crippen molar-refractivity contribution in [3.63, 3.8) is 0 Å². The van der Waals surface area contributed by atoms with Gasteiger partial charge in [0.1, 0.15) is 11.6 Å². The van der Waals surface area contributed by atoms with Gasteiger partial charge in [-0.1, -0.05) is 13.8 Å². The lowest BCUT2D eigenvalue weighted by molar-refractivity contribution is 0.116. The molecule has 1 aliphatic rings. The van der Waals surface area contributed by atoms with Crippen LogP contribution >= 0.6 is 0 Å². The van der Waals surface area contributed by atoms with Crippen LogP contribution in [-0.4, -0.2) is 5.11 Å². The SMILES string of the molecule is CC1(C)CCc2c(F)cc(F)cc2C(O)C1. The summed E-state index contributed by atoms with van der Waals surface area (Å²) in [7, 11) is 0. The van der Waals surface area contributed by atoms with Crippen LogP contribution < -0.4 is 0 Å². The Morgan fingerprint density at radius 1 is 1.31 bits per heavy atom. The standard InChI is InChI=1S/C13H16F2O/c1-13(2)4-3-9-10(12(16)7-13)5-8(14)6-11(9)15/h5-6,12,16H,3-4,7H2,1-2H3. The summed E-state index contributed by atoms with van der Waals surface area (Å²) >= 11 is 0. The van der Waals surface area contributed by atoms with Crippen molar-refractivity contribution in [1.82, 2.24) is 0 Å². The normalized spacial score (nSPS) is 23.7. The lowest BCUT2D eigenvalue weighted by atomic mass is 9.84. The minimum Gasteiger partial charge on any atom is -0.388 e. The van der Waals surface area contributed by atoms with E-state index in [1.165, 1.54) is 6.07 Å². The molecule has 0 saturated heterocycles. The van der Waals surface area contributed by atoms with Gasteiger partial charge < -0.3 is 5.11 Å². The lowest BCUT2D eigenvalue weighted by Gasteiger charge is -2.23. The van der Waals surface area contributed by atoms with Gasteiger partial charge in [0.2, 0.25) is 0 Å². The van der Waals surface area contributed by atoms with Crippen molar-refractivity contribution in [2.24, 2.45) is 5.41 Å². The Balaban J connectivity index is 2.49. The van der Waals surface area contributed by atoms with Crippen LogP contribution in [0.2, 0.25) is 0 Å². The fraction of sp³-hybridized carbons (Fsp3) is 0.538. The van der Waals surface area contributed by atoms with E-state index in [1.54, 1.807) is 0 Å². The van der Waals surface area contributed by atoms with E-state index in [2.05, 4.69) is 0 Å². The van der Waals surface area contributed by atoms with E-state index in [9.17, 15) is 13.9 Å². The van der Waals surface area contributed by atoms with Crippen molar-refractivity contribution in [3.8, 4) is 0 Å². The fourth-order valence-electron chi connectivity index (χ4n) is 2.38. The molecule has 1 atom stereocenters. The van der Waals surface area contributed by atoms with Crippen molar-refractivity contribution in [3.05, 3.63) is 34.9 Å². The minimum atomic E-state index is -0.766. The van der Waals surface area contributed by atoms with Crippen LogP contribution in [0.3, 0.4) is 0 Å². The number of hydrogen-bond acceptors (Lipinski definition) is 1. The van der Waals surface area contributed by atoms with E-state index in [1.807, 2.05) is 13.8 Å². The first-order chi connectivity index (χ1) is 7.39. The highest BCUT2D eigenvalue weighted by atomic mass is 19.1. The topological polar surface area (TPSA) is 20.2 Å². The van der Waals surface area contributed by atoms with E-state index < -0.39 is 17.7 Å². The molecule has 2 rings (SSSR count). The van der Waals surface area contributed by atoms with Crippen LogP contribution in [0.25, 0.3) is 0 Å². The quantitative estimate of drug-likeness (QED) is 0.672. The molecule has 0 bridgehead atoms. The lowest BCUT2D eigenvalue weighted by Crippen LogP contribution is -2.13. The van der Waals surface area contributed by atoms with Gasteiger partial charge in [-0.2, -0.15) is 0 Å². The zero-order valence-electron chi connectivity index (χ0n) is 9.56. The second-order valence-corrected chi connectivity index (χ2v) is 5.34. The van der Waals surface area contributed by atoms with E-state index in [0.717, 1.165) is 12.5 Å². The molecule has 0 aromatic heterocycles. The van der Waals surface area contributed by atoms with Gasteiger partial charge in [-0.25, -0.2) is 8.78 Å². The average Bonchev–Trinajstić information content (AvgIpc) is 2.23. The molecule has 0 spiro atoms. The van der Waals surface area contributed by atoms with Crippen molar-refractivity contribution in [2.75, 3.05) is 0 Å². The Kier molecular flexibility index (Phi) is 2.74. The molecule has 1 unspecified atom stereocenters. The summed E-state index contributed by atoms with van der Waals surface area (Å²) in [4.78, 5) is 0. The fourth-order valence-corrected chi connectivity index (χ4v) is 2.38. The molecule has 0 amide bonds. The van der Waals surface area contributed by atoms with Crippen LogP contribution in [0.15, 0.2) is 12.1 Å². The maximum atomic E-state index is 13.6. The van der Waals surface area contributed by atoms with Gasteiger partial charge in [-0.3, -0.25) is 0 Å². The van der Waals surface area contributed by atoms with Gasteiger partial charge in [-0.15, -0.1) is 0 Å². The van der Waals surface area contributed by atoms with Crippen molar-refractivity contribution in [1.29, 1.82) is 0 Å². The summed E-state index contributed by atoms with van der Waals surface area (Å²) in [5.74, 6) is -1.15. The highest BCUT2D eigenvalue weighted by Gasteiger charge is 2.30. The molecule has 1 aromatic carbocycles. The van der Waals surface area contributed by atoms with Gasteiger partial charge in [-0.05, 0) is 41.9 Å². The Hall–Kier alpha value is -0.960. The minimum absolute atomic E-state index is 0.0403. The van der Waals surface area contributed by atoms with Gasteiger partial charge in [0.15, 0.2) is 0 Å². The van der Waals surface area contributed by atoms with E-state index >= 15 is 0 Å². The van der Waals surface area contributed by atoms with E-state index in [0.29, 0.717) is 24.0 Å². The van der Waals surface area contributed by atoms with Gasteiger partial charge in [0.25, 0.3) is 0 Å². The smallest absolute Gasteiger partial charge is 0.129 e. The summed E-state index contributed by atoms with van der Waals surface area (Å²) in [6.07, 6.45) is 1.14. The second kappa shape index (κ2) is 3.81. The number of aliphatic hydroxyl groups is 1. The summed E-state index contributed by atoms with van der Waals surface area (Å²) in [5.41, 5.74) is 0.851. The summed E-state index contributed by atoms with van der Waals surface area (Å²) in [6, 6.07) is 2.15. The molecule has 1 aromatic rings. The van der Waals surface area contributed by atoms with E-state index in [4.69, 9.17) is 0 Å². The number of benzene rings is 1. The molecule has 0 heterocycles. The second-order valence-electron chi connectivity index (χ2n) is 5.34.